The molecule has 0 aromatic heterocycles. The van der Waals surface area contributed by atoms with Gasteiger partial charge in [0.2, 0.25) is 10.0 Å². The smallest absolute Gasteiger partial charge is 0.253 e. The van der Waals surface area contributed by atoms with E-state index in [4.69, 9.17) is 4.74 Å². The Balaban J connectivity index is 1.94. The van der Waals surface area contributed by atoms with Crippen molar-refractivity contribution in [1.29, 1.82) is 0 Å². The number of ether oxygens (including phenoxy) is 1. The largest absolute Gasteiger partial charge is 0.495 e. The topological polar surface area (TPSA) is 79.0 Å². The van der Waals surface area contributed by atoms with Crippen LogP contribution in [0.25, 0.3) is 0 Å². The van der Waals surface area contributed by atoms with Crippen LogP contribution in [0.5, 0.6) is 5.75 Å². The molecule has 0 atom stereocenters. The standard InChI is InChI=1S/C16H23N3O4S/c1-23-14-5-4-13(16(20)18-10-6-17-7-11-18)12-15(14)24(21,22)19-8-2-3-9-19/h4-5,12,17H,2-3,6-11H2,1H3. The van der Waals surface area contributed by atoms with Crippen molar-refractivity contribution in [2.75, 3.05) is 46.4 Å². The molecular weight excluding hydrogens is 330 g/mol. The lowest BCUT2D eigenvalue weighted by Crippen LogP contribution is -2.46. The van der Waals surface area contributed by atoms with Gasteiger partial charge in [-0.3, -0.25) is 4.79 Å². The number of rotatable bonds is 4. The van der Waals surface area contributed by atoms with Gasteiger partial charge < -0.3 is 15.0 Å². The number of methoxy groups -OCH3 is 1. The first-order chi connectivity index (χ1) is 11.5. The molecule has 0 unspecified atom stereocenters. The fourth-order valence-electron chi connectivity index (χ4n) is 3.13. The Morgan fingerprint density at radius 1 is 1.12 bits per heavy atom. The molecule has 0 saturated carbocycles. The highest BCUT2D eigenvalue weighted by atomic mass is 32.2. The monoisotopic (exact) mass is 353 g/mol. The summed E-state index contributed by atoms with van der Waals surface area (Å²) >= 11 is 0. The lowest BCUT2D eigenvalue weighted by Gasteiger charge is -2.27. The summed E-state index contributed by atoms with van der Waals surface area (Å²) in [7, 11) is -2.20. The third-order valence-electron chi connectivity index (χ3n) is 4.50. The maximum absolute atomic E-state index is 12.9. The van der Waals surface area contributed by atoms with Gasteiger partial charge >= 0.3 is 0 Å². The molecule has 0 spiro atoms. The number of sulfonamides is 1. The summed E-state index contributed by atoms with van der Waals surface area (Å²) in [4.78, 5) is 14.5. The number of nitrogens with zero attached hydrogens (tertiary/aromatic N) is 2. The Kier molecular flexibility index (Phi) is 5.07. The van der Waals surface area contributed by atoms with Gasteiger partial charge in [0.1, 0.15) is 10.6 Å². The van der Waals surface area contributed by atoms with Gasteiger partial charge in [0, 0.05) is 44.8 Å². The van der Waals surface area contributed by atoms with E-state index in [1.807, 2.05) is 0 Å². The quantitative estimate of drug-likeness (QED) is 0.854. The SMILES string of the molecule is COc1ccc(C(=O)N2CCNCC2)cc1S(=O)(=O)N1CCCC1. The average molecular weight is 353 g/mol. The summed E-state index contributed by atoms with van der Waals surface area (Å²) in [5.74, 6) is 0.135. The molecule has 2 fully saturated rings. The Morgan fingerprint density at radius 3 is 2.42 bits per heavy atom. The van der Waals surface area contributed by atoms with E-state index >= 15 is 0 Å². The molecule has 7 nitrogen and oxygen atoms in total. The van der Waals surface area contributed by atoms with Crippen LogP contribution < -0.4 is 10.1 Å². The summed E-state index contributed by atoms with van der Waals surface area (Å²) in [6, 6.07) is 4.65. The van der Waals surface area contributed by atoms with Crippen LogP contribution in [0.1, 0.15) is 23.2 Å². The first-order valence-electron chi connectivity index (χ1n) is 8.22. The molecular formula is C16H23N3O4S. The molecule has 0 bridgehead atoms. The molecule has 0 radical (unpaired) electrons. The molecule has 2 heterocycles. The van der Waals surface area contributed by atoms with E-state index in [0.29, 0.717) is 31.7 Å². The molecule has 8 heteroatoms. The molecule has 3 rings (SSSR count). The summed E-state index contributed by atoms with van der Waals surface area (Å²) in [5, 5.41) is 3.20. The highest BCUT2D eigenvalue weighted by Crippen LogP contribution is 2.30. The summed E-state index contributed by atoms with van der Waals surface area (Å²) in [6.45, 7) is 3.78. The number of carbonyl (C=O) groups excluding carboxylic acids is 1. The van der Waals surface area contributed by atoms with Crippen LogP contribution >= 0.6 is 0 Å². The molecule has 2 saturated heterocycles. The number of hydrogen-bond donors (Lipinski definition) is 1. The lowest BCUT2D eigenvalue weighted by molar-refractivity contribution is 0.0735. The van der Waals surface area contributed by atoms with E-state index in [1.54, 1.807) is 17.0 Å². The Hall–Kier alpha value is -1.64. The Labute approximate surface area is 142 Å². The van der Waals surface area contributed by atoms with Crippen molar-refractivity contribution in [3.63, 3.8) is 0 Å². The van der Waals surface area contributed by atoms with Crippen LogP contribution in [-0.4, -0.2) is 69.9 Å². The molecule has 0 aliphatic carbocycles. The van der Waals surface area contributed by atoms with Crippen LogP contribution in [0.15, 0.2) is 23.1 Å². The number of hydrogen-bond acceptors (Lipinski definition) is 5. The summed E-state index contributed by atoms with van der Waals surface area (Å²) < 4.78 is 32.4. The third kappa shape index (κ3) is 3.26. The van der Waals surface area contributed by atoms with E-state index in [2.05, 4.69) is 5.32 Å². The normalized spacial score (nSPS) is 19.5. The number of benzene rings is 1. The van der Waals surface area contributed by atoms with Crippen molar-refractivity contribution in [2.45, 2.75) is 17.7 Å². The highest BCUT2D eigenvalue weighted by Gasteiger charge is 2.31. The molecule has 2 aliphatic heterocycles. The van der Waals surface area contributed by atoms with Crippen LogP contribution in [0.3, 0.4) is 0 Å². The average Bonchev–Trinajstić information content (AvgIpc) is 3.17. The van der Waals surface area contributed by atoms with E-state index < -0.39 is 10.0 Å². The van der Waals surface area contributed by atoms with E-state index in [9.17, 15) is 13.2 Å². The predicted molar refractivity (Wildman–Crippen MR) is 89.8 cm³/mol. The van der Waals surface area contributed by atoms with Gasteiger partial charge in [-0.15, -0.1) is 0 Å². The summed E-state index contributed by atoms with van der Waals surface area (Å²) in [5.41, 5.74) is 0.385. The third-order valence-corrected chi connectivity index (χ3v) is 6.42. The number of carbonyl (C=O) groups is 1. The Bertz CT molecular complexity index is 708. The maximum Gasteiger partial charge on any atom is 0.253 e. The zero-order valence-electron chi connectivity index (χ0n) is 13.8. The van der Waals surface area contributed by atoms with Crippen LogP contribution in [-0.2, 0) is 10.0 Å². The van der Waals surface area contributed by atoms with Gasteiger partial charge in [-0.25, -0.2) is 8.42 Å². The maximum atomic E-state index is 12.9. The lowest BCUT2D eigenvalue weighted by atomic mass is 10.1. The molecule has 24 heavy (non-hydrogen) atoms. The minimum atomic E-state index is -3.64. The zero-order valence-corrected chi connectivity index (χ0v) is 14.6. The molecule has 2 aliphatic rings. The van der Waals surface area contributed by atoms with Crippen molar-refractivity contribution in [3.05, 3.63) is 23.8 Å². The summed E-state index contributed by atoms with van der Waals surface area (Å²) in [6.07, 6.45) is 1.72. The van der Waals surface area contributed by atoms with E-state index in [1.165, 1.54) is 17.5 Å². The molecule has 1 aromatic carbocycles. The van der Waals surface area contributed by atoms with Gasteiger partial charge in [-0.2, -0.15) is 4.31 Å². The van der Waals surface area contributed by atoms with Crippen molar-refractivity contribution in [1.82, 2.24) is 14.5 Å². The highest BCUT2D eigenvalue weighted by molar-refractivity contribution is 7.89. The van der Waals surface area contributed by atoms with Gasteiger partial charge in [-0.05, 0) is 31.0 Å². The number of nitrogens with one attached hydrogen (secondary N) is 1. The Morgan fingerprint density at radius 2 is 1.79 bits per heavy atom. The minimum Gasteiger partial charge on any atom is -0.495 e. The predicted octanol–water partition coefficient (Wildman–Crippen LogP) is 0.525. The molecule has 1 amide bonds. The van der Waals surface area contributed by atoms with Crippen molar-refractivity contribution in [3.8, 4) is 5.75 Å². The zero-order chi connectivity index (χ0) is 17.2. The van der Waals surface area contributed by atoms with Crippen molar-refractivity contribution >= 4 is 15.9 Å². The second-order valence-corrected chi connectivity index (χ2v) is 7.93. The fraction of sp³-hybridized carbons (Fsp3) is 0.562. The van der Waals surface area contributed by atoms with Gasteiger partial charge in [-0.1, -0.05) is 0 Å². The van der Waals surface area contributed by atoms with Crippen LogP contribution in [0, 0.1) is 0 Å². The fourth-order valence-corrected chi connectivity index (χ4v) is 4.83. The molecule has 1 aromatic rings. The van der Waals surface area contributed by atoms with Gasteiger partial charge in [0.05, 0.1) is 7.11 Å². The second kappa shape index (κ2) is 7.08. The first kappa shape index (κ1) is 17.2. The number of piperazine rings is 1. The molecule has 132 valence electrons. The van der Waals surface area contributed by atoms with Gasteiger partial charge in [0.15, 0.2) is 0 Å². The minimum absolute atomic E-state index is 0.0767. The second-order valence-electron chi connectivity index (χ2n) is 6.02. The van der Waals surface area contributed by atoms with Crippen molar-refractivity contribution < 1.29 is 17.9 Å². The van der Waals surface area contributed by atoms with Gasteiger partial charge in [0.25, 0.3) is 5.91 Å². The van der Waals surface area contributed by atoms with Crippen molar-refractivity contribution in [2.24, 2.45) is 0 Å². The van der Waals surface area contributed by atoms with Crippen LogP contribution in [0.2, 0.25) is 0 Å². The molecule has 1 N–H and O–H groups in total. The van der Waals surface area contributed by atoms with E-state index in [0.717, 1.165) is 25.9 Å². The number of amides is 1. The first-order valence-corrected chi connectivity index (χ1v) is 9.66. The van der Waals surface area contributed by atoms with E-state index in [-0.39, 0.29) is 16.6 Å². The van der Waals surface area contributed by atoms with Crippen LogP contribution in [0.4, 0.5) is 0 Å².